The van der Waals surface area contributed by atoms with Crippen molar-refractivity contribution in [3.05, 3.63) is 62.0 Å². The molecular weight excluding hydrogens is 424 g/mol. The van der Waals surface area contributed by atoms with Crippen molar-refractivity contribution in [1.29, 1.82) is 5.26 Å². The SMILES string of the molecule is CC(C)c1csc(CCc2ccn3c(=O)c(/C=C/C#N)c(OCC4CCOC4)nc3c2)n1. The summed E-state index contributed by atoms with van der Waals surface area (Å²) in [5, 5.41) is 12.2. The minimum absolute atomic E-state index is 0.257. The zero-order chi connectivity index (χ0) is 22.5. The number of hydrogen-bond donors (Lipinski definition) is 0. The van der Waals surface area contributed by atoms with Crippen LogP contribution in [0.25, 0.3) is 11.7 Å². The van der Waals surface area contributed by atoms with Crippen LogP contribution in [0.2, 0.25) is 0 Å². The summed E-state index contributed by atoms with van der Waals surface area (Å²) in [6, 6.07) is 5.78. The van der Waals surface area contributed by atoms with Gasteiger partial charge in [-0.05, 0) is 42.5 Å². The molecule has 0 spiro atoms. The lowest BCUT2D eigenvalue weighted by Gasteiger charge is -2.13. The Bertz CT molecular complexity index is 1220. The van der Waals surface area contributed by atoms with Crippen molar-refractivity contribution < 1.29 is 9.47 Å². The molecule has 3 aromatic heterocycles. The second-order valence-electron chi connectivity index (χ2n) is 8.22. The van der Waals surface area contributed by atoms with E-state index in [0.29, 0.717) is 24.8 Å². The Kier molecular flexibility index (Phi) is 6.98. The molecule has 1 atom stereocenters. The Labute approximate surface area is 191 Å². The minimum Gasteiger partial charge on any atom is -0.477 e. The van der Waals surface area contributed by atoms with Crippen LogP contribution in [0.4, 0.5) is 0 Å². The van der Waals surface area contributed by atoms with Gasteiger partial charge in [0.25, 0.3) is 5.56 Å². The quantitative estimate of drug-likeness (QED) is 0.482. The van der Waals surface area contributed by atoms with Crippen LogP contribution in [0.15, 0.2) is 34.6 Å². The van der Waals surface area contributed by atoms with Crippen molar-refractivity contribution in [3.63, 3.8) is 0 Å². The molecular formula is C24H26N4O3S. The molecule has 0 aromatic carbocycles. The molecule has 0 aliphatic carbocycles. The average molecular weight is 451 g/mol. The number of thiazole rings is 1. The van der Waals surface area contributed by atoms with Gasteiger partial charge in [0, 0.05) is 36.6 Å². The van der Waals surface area contributed by atoms with E-state index >= 15 is 0 Å². The van der Waals surface area contributed by atoms with E-state index in [-0.39, 0.29) is 22.9 Å². The third kappa shape index (κ3) is 5.06. The van der Waals surface area contributed by atoms with Gasteiger partial charge in [0.1, 0.15) is 11.2 Å². The van der Waals surface area contributed by atoms with Gasteiger partial charge in [-0.25, -0.2) is 4.98 Å². The summed E-state index contributed by atoms with van der Waals surface area (Å²) < 4.78 is 12.8. The Morgan fingerprint density at radius 3 is 3.00 bits per heavy atom. The third-order valence-corrected chi connectivity index (χ3v) is 6.41. The van der Waals surface area contributed by atoms with Crippen LogP contribution in [0.5, 0.6) is 5.88 Å². The van der Waals surface area contributed by atoms with E-state index in [1.165, 1.54) is 16.6 Å². The topological polar surface area (TPSA) is 89.5 Å². The number of nitrogens with zero attached hydrogens (tertiary/aromatic N) is 4. The van der Waals surface area contributed by atoms with Crippen molar-refractivity contribution in [1.82, 2.24) is 14.4 Å². The molecule has 0 saturated carbocycles. The lowest BCUT2D eigenvalue weighted by Crippen LogP contribution is -2.21. The molecule has 0 radical (unpaired) electrons. The summed E-state index contributed by atoms with van der Waals surface area (Å²) in [4.78, 5) is 22.4. The number of allylic oxidation sites excluding steroid dienone is 1. The number of rotatable bonds is 8. The van der Waals surface area contributed by atoms with Crippen molar-refractivity contribution in [3.8, 4) is 11.9 Å². The van der Waals surface area contributed by atoms with Gasteiger partial charge in [-0.15, -0.1) is 11.3 Å². The van der Waals surface area contributed by atoms with Gasteiger partial charge < -0.3 is 9.47 Å². The van der Waals surface area contributed by atoms with Gasteiger partial charge in [-0.3, -0.25) is 9.20 Å². The second kappa shape index (κ2) is 10.1. The summed E-state index contributed by atoms with van der Waals surface area (Å²) in [6.07, 6.45) is 7.04. The molecule has 7 nitrogen and oxygen atoms in total. The fourth-order valence-electron chi connectivity index (χ4n) is 3.57. The van der Waals surface area contributed by atoms with E-state index < -0.39 is 0 Å². The third-order valence-electron chi connectivity index (χ3n) is 5.49. The first-order chi connectivity index (χ1) is 15.5. The Morgan fingerprint density at radius 1 is 1.41 bits per heavy atom. The maximum atomic E-state index is 13.1. The molecule has 0 bridgehead atoms. The lowest BCUT2D eigenvalue weighted by atomic mass is 10.1. The van der Waals surface area contributed by atoms with Crippen LogP contribution >= 0.6 is 11.3 Å². The zero-order valence-electron chi connectivity index (χ0n) is 18.3. The van der Waals surface area contributed by atoms with E-state index in [4.69, 9.17) is 19.7 Å². The van der Waals surface area contributed by atoms with Crippen LogP contribution in [-0.2, 0) is 17.6 Å². The summed E-state index contributed by atoms with van der Waals surface area (Å²) in [5.74, 6) is 0.964. The van der Waals surface area contributed by atoms with Crippen LogP contribution in [-0.4, -0.2) is 34.2 Å². The molecule has 0 amide bonds. The molecule has 3 aromatic rings. The van der Waals surface area contributed by atoms with Crippen molar-refractivity contribution in [2.75, 3.05) is 19.8 Å². The smallest absolute Gasteiger partial charge is 0.269 e. The van der Waals surface area contributed by atoms with Crippen LogP contribution in [0.3, 0.4) is 0 Å². The molecule has 4 heterocycles. The minimum atomic E-state index is -0.257. The van der Waals surface area contributed by atoms with E-state index in [9.17, 15) is 4.79 Å². The first-order valence-electron chi connectivity index (χ1n) is 10.8. The first kappa shape index (κ1) is 22.2. The predicted molar refractivity (Wildman–Crippen MR) is 124 cm³/mol. The number of fused-ring (bicyclic) bond motifs is 1. The molecule has 1 aliphatic heterocycles. The summed E-state index contributed by atoms with van der Waals surface area (Å²) in [5.41, 5.74) is 2.76. The van der Waals surface area contributed by atoms with Gasteiger partial charge in [0.15, 0.2) is 0 Å². The summed E-state index contributed by atoms with van der Waals surface area (Å²) >= 11 is 1.69. The van der Waals surface area contributed by atoms with Gasteiger partial charge in [0.05, 0.1) is 30.0 Å². The summed E-state index contributed by atoms with van der Waals surface area (Å²) in [7, 11) is 0. The number of pyridine rings is 1. The summed E-state index contributed by atoms with van der Waals surface area (Å²) in [6.45, 7) is 6.09. The van der Waals surface area contributed by atoms with Crippen molar-refractivity contribution >= 4 is 23.1 Å². The number of nitriles is 1. The lowest BCUT2D eigenvalue weighted by molar-refractivity contribution is 0.165. The number of ether oxygens (including phenoxy) is 2. The highest BCUT2D eigenvalue weighted by Gasteiger charge is 2.19. The zero-order valence-corrected chi connectivity index (χ0v) is 19.1. The molecule has 166 valence electrons. The molecule has 1 fully saturated rings. The Morgan fingerprint density at radius 2 is 2.28 bits per heavy atom. The molecule has 1 aliphatic rings. The van der Waals surface area contributed by atoms with E-state index in [1.54, 1.807) is 17.5 Å². The molecule has 1 saturated heterocycles. The number of hydrogen-bond acceptors (Lipinski definition) is 7. The van der Waals surface area contributed by atoms with Gasteiger partial charge >= 0.3 is 0 Å². The monoisotopic (exact) mass is 450 g/mol. The van der Waals surface area contributed by atoms with Crippen LogP contribution in [0.1, 0.15) is 48.0 Å². The second-order valence-corrected chi connectivity index (χ2v) is 9.17. The number of aryl methyl sites for hydroxylation is 2. The fourth-order valence-corrected chi connectivity index (χ4v) is 4.53. The first-order valence-corrected chi connectivity index (χ1v) is 11.7. The Balaban J connectivity index is 1.59. The maximum Gasteiger partial charge on any atom is 0.269 e. The standard InChI is InChI=1S/C24H26N4O3S/c1-16(2)20-15-32-22(26-20)6-5-17-7-10-28-21(12-17)27-23(19(24(28)29)4-3-9-25)31-14-18-8-11-30-13-18/h3-4,7,10,12,15-16,18H,5-6,8,11,13-14H2,1-2H3/b4-3+. The molecule has 0 N–H and O–H groups in total. The van der Waals surface area contributed by atoms with Crippen molar-refractivity contribution in [2.24, 2.45) is 5.92 Å². The maximum absolute atomic E-state index is 13.1. The fraction of sp³-hybridized carbons (Fsp3) is 0.417. The average Bonchev–Trinajstić information content (AvgIpc) is 3.48. The van der Waals surface area contributed by atoms with Crippen LogP contribution < -0.4 is 10.3 Å². The van der Waals surface area contributed by atoms with E-state index in [2.05, 4.69) is 24.2 Å². The largest absolute Gasteiger partial charge is 0.477 e. The van der Waals surface area contributed by atoms with Gasteiger partial charge in [0.2, 0.25) is 5.88 Å². The predicted octanol–water partition coefficient (Wildman–Crippen LogP) is 4.01. The Hall–Kier alpha value is -3.02. The molecule has 32 heavy (non-hydrogen) atoms. The normalized spacial score (nSPS) is 16.2. The van der Waals surface area contributed by atoms with Gasteiger partial charge in [-0.1, -0.05) is 13.8 Å². The molecule has 4 rings (SSSR count). The highest BCUT2D eigenvalue weighted by atomic mass is 32.1. The van der Waals surface area contributed by atoms with E-state index in [1.807, 2.05) is 18.2 Å². The van der Waals surface area contributed by atoms with Crippen molar-refractivity contribution in [2.45, 2.75) is 39.0 Å². The van der Waals surface area contributed by atoms with E-state index in [0.717, 1.165) is 42.1 Å². The number of aromatic nitrogens is 3. The molecule has 8 heteroatoms. The highest BCUT2D eigenvalue weighted by Crippen LogP contribution is 2.21. The molecule has 1 unspecified atom stereocenters. The highest BCUT2D eigenvalue weighted by molar-refractivity contribution is 7.09. The van der Waals surface area contributed by atoms with Gasteiger partial charge in [-0.2, -0.15) is 10.2 Å². The van der Waals surface area contributed by atoms with Crippen LogP contribution in [0, 0.1) is 17.2 Å².